The van der Waals surface area contributed by atoms with Crippen molar-refractivity contribution in [1.82, 2.24) is 4.98 Å². The normalized spacial score (nSPS) is 26.5. The Hall–Kier alpha value is -1.13. The molecule has 1 fully saturated rings. The second-order valence-electron chi connectivity index (χ2n) is 4.13. The molecule has 1 aliphatic heterocycles. The van der Waals surface area contributed by atoms with Gasteiger partial charge in [0, 0.05) is 31.1 Å². The van der Waals surface area contributed by atoms with Gasteiger partial charge in [0.2, 0.25) is 0 Å². The molecule has 1 unspecified atom stereocenters. The molecule has 15 heavy (non-hydrogen) atoms. The number of hydrogen-bond acceptors (Lipinski definition) is 4. The minimum absolute atomic E-state index is 0.390. The minimum Gasteiger partial charge on any atom is -0.398 e. The molecule has 4 heteroatoms. The third-order valence-corrected chi connectivity index (χ3v) is 2.76. The second kappa shape index (κ2) is 4.16. The van der Waals surface area contributed by atoms with Crippen LogP contribution in [0.5, 0.6) is 0 Å². The van der Waals surface area contributed by atoms with E-state index in [0.717, 1.165) is 25.0 Å². The smallest absolute Gasteiger partial charge is 0.0922 e. The molecule has 0 saturated carbocycles. The average Bonchev–Trinajstić information content (AvgIpc) is 2.22. The Kier molecular flexibility index (Phi) is 2.88. The van der Waals surface area contributed by atoms with Crippen LogP contribution in [0.25, 0.3) is 0 Å². The summed E-state index contributed by atoms with van der Waals surface area (Å²) < 4.78 is 5.29. The Morgan fingerprint density at radius 2 is 2.47 bits per heavy atom. The molecule has 0 spiro atoms. The summed E-state index contributed by atoms with van der Waals surface area (Å²) in [5.74, 6) is 0. The molecule has 4 nitrogen and oxygen atoms in total. The minimum atomic E-state index is -0.768. The lowest BCUT2D eigenvalue weighted by atomic mass is 9.89. The van der Waals surface area contributed by atoms with Crippen LogP contribution in [0.4, 0.5) is 5.69 Å². The van der Waals surface area contributed by atoms with E-state index in [-0.39, 0.29) is 0 Å². The fourth-order valence-electron chi connectivity index (χ4n) is 1.92. The van der Waals surface area contributed by atoms with E-state index in [1.807, 2.05) is 0 Å². The molecule has 1 aromatic heterocycles. The first-order valence-electron chi connectivity index (χ1n) is 5.18. The fourth-order valence-corrected chi connectivity index (χ4v) is 1.92. The quantitative estimate of drug-likeness (QED) is 0.752. The van der Waals surface area contributed by atoms with Crippen LogP contribution in [0.3, 0.4) is 0 Å². The van der Waals surface area contributed by atoms with Crippen LogP contribution in [-0.4, -0.2) is 28.9 Å². The summed E-state index contributed by atoms with van der Waals surface area (Å²) in [5.41, 5.74) is 6.61. The average molecular weight is 208 g/mol. The number of anilines is 1. The van der Waals surface area contributed by atoms with Crippen molar-refractivity contribution < 1.29 is 9.84 Å². The molecular formula is C11H16N2O2. The van der Waals surface area contributed by atoms with Gasteiger partial charge in [-0.3, -0.25) is 4.98 Å². The predicted octanol–water partition coefficient (Wildman–Crippen LogP) is 0.748. The van der Waals surface area contributed by atoms with Gasteiger partial charge < -0.3 is 15.6 Å². The van der Waals surface area contributed by atoms with E-state index >= 15 is 0 Å². The van der Waals surface area contributed by atoms with Crippen molar-refractivity contribution in [3.63, 3.8) is 0 Å². The summed E-state index contributed by atoms with van der Waals surface area (Å²) in [6.45, 7) is 1.13. The zero-order valence-electron chi connectivity index (χ0n) is 8.65. The molecule has 3 N–H and O–H groups in total. The Labute approximate surface area is 89.1 Å². The highest BCUT2D eigenvalue weighted by molar-refractivity contribution is 5.45. The highest BCUT2D eigenvalue weighted by Gasteiger charge is 2.30. The van der Waals surface area contributed by atoms with Gasteiger partial charge in [-0.25, -0.2) is 0 Å². The van der Waals surface area contributed by atoms with Crippen molar-refractivity contribution in [2.24, 2.45) is 0 Å². The number of nitrogen functional groups attached to an aromatic ring is 1. The topological polar surface area (TPSA) is 68.4 Å². The van der Waals surface area contributed by atoms with Gasteiger partial charge in [-0.15, -0.1) is 0 Å². The SMILES string of the molecule is Nc1ccncc1CC1(O)CCCOC1. The first-order chi connectivity index (χ1) is 7.20. The Morgan fingerprint density at radius 1 is 1.60 bits per heavy atom. The van der Waals surface area contributed by atoms with E-state index < -0.39 is 5.60 Å². The van der Waals surface area contributed by atoms with E-state index in [1.54, 1.807) is 18.5 Å². The molecule has 1 atom stereocenters. The Morgan fingerprint density at radius 3 is 3.13 bits per heavy atom. The van der Waals surface area contributed by atoms with Gasteiger partial charge in [0.05, 0.1) is 12.2 Å². The Bertz CT molecular complexity index is 335. The predicted molar refractivity (Wildman–Crippen MR) is 57.4 cm³/mol. The van der Waals surface area contributed by atoms with Crippen LogP contribution >= 0.6 is 0 Å². The van der Waals surface area contributed by atoms with Crippen LogP contribution in [0, 0.1) is 0 Å². The van der Waals surface area contributed by atoms with Crippen molar-refractivity contribution in [1.29, 1.82) is 0 Å². The maximum absolute atomic E-state index is 10.2. The van der Waals surface area contributed by atoms with Gasteiger partial charge in [0.15, 0.2) is 0 Å². The summed E-state index contributed by atoms with van der Waals surface area (Å²) in [4.78, 5) is 4.01. The van der Waals surface area contributed by atoms with Crippen molar-refractivity contribution in [2.75, 3.05) is 18.9 Å². The van der Waals surface area contributed by atoms with E-state index in [2.05, 4.69) is 4.98 Å². The van der Waals surface area contributed by atoms with Crippen molar-refractivity contribution in [2.45, 2.75) is 24.9 Å². The number of nitrogens with two attached hydrogens (primary N) is 1. The van der Waals surface area contributed by atoms with Gasteiger partial charge in [-0.05, 0) is 24.5 Å². The third-order valence-electron chi connectivity index (χ3n) is 2.76. The van der Waals surface area contributed by atoms with Crippen molar-refractivity contribution >= 4 is 5.69 Å². The zero-order valence-corrected chi connectivity index (χ0v) is 8.65. The molecule has 0 bridgehead atoms. The van der Waals surface area contributed by atoms with Crippen molar-refractivity contribution in [3.05, 3.63) is 24.0 Å². The van der Waals surface area contributed by atoms with Crippen LogP contribution in [0.15, 0.2) is 18.5 Å². The van der Waals surface area contributed by atoms with E-state index in [1.165, 1.54) is 0 Å². The maximum atomic E-state index is 10.2. The molecule has 82 valence electrons. The lowest BCUT2D eigenvalue weighted by Gasteiger charge is -2.32. The number of ether oxygens (including phenoxy) is 1. The first-order valence-corrected chi connectivity index (χ1v) is 5.18. The molecule has 1 aliphatic rings. The van der Waals surface area contributed by atoms with Gasteiger partial charge in [0.1, 0.15) is 0 Å². The van der Waals surface area contributed by atoms with E-state index in [9.17, 15) is 5.11 Å². The number of hydrogen-bond donors (Lipinski definition) is 2. The summed E-state index contributed by atoms with van der Waals surface area (Å²) in [7, 11) is 0. The van der Waals surface area contributed by atoms with E-state index in [0.29, 0.717) is 18.7 Å². The summed E-state index contributed by atoms with van der Waals surface area (Å²) in [6, 6.07) is 1.75. The lowest BCUT2D eigenvalue weighted by Crippen LogP contribution is -2.40. The molecule has 1 aromatic rings. The van der Waals surface area contributed by atoms with Crippen LogP contribution in [-0.2, 0) is 11.2 Å². The first kappa shape index (κ1) is 10.4. The van der Waals surface area contributed by atoms with E-state index in [4.69, 9.17) is 10.5 Å². The number of pyridine rings is 1. The molecule has 2 heterocycles. The molecule has 0 aliphatic carbocycles. The molecule has 1 saturated heterocycles. The third kappa shape index (κ3) is 2.46. The van der Waals surface area contributed by atoms with Crippen LogP contribution in [0.1, 0.15) is 18.4 Å². The van der Waals surface area contributed by atoms with Gasteiger partial charge >= 0.3 is 0 Å². The number of aromatic nitrogens is 1. The summed E-state index contributed by atoms with van der Waals surface area (Å²) in [5, 5.41) is 10.2. The molecular weight excluding hydrogens is 192 g/mol. The second-order valence-corrected chi connectivity index (χ2v) is 4.13. The highest BCUT2D eigenvalue weighted by atomic mass is 16.5. The highest BCUT2D eigenvalue weighted by Crippen LogP contribution is 2.25. The van der Waals surface area contributed by atoms with Crippen LogP contribution < -0.4 is 5.73 Å². The number of nitrogens with zero attached hydrogens (tertiary/aromatic N) is 1. The van der Waals surface area contributed by atoms with Crippen molar-refractivity contribution in [3.8, 4) is 0 Å². The Balaban J connectivity index is 2.10. The van der Waals surface area contributed by atoms with Crippen LogP contribution in [0.2, 0.25) is 0 Å². The number of aliphatic hydroxyl groups is 1. The van der Waals surface area contributed by atoms with Gasteiger partial charge in [-0.2, -0.15) is 0 Å². The monoisotopic (exact) mass is 208 g/mol. The number of rotatable bonds is 2. The molecule has 0 amide bonds. The maximum Gasteiger partial charge on any atom is 0.0922 e. The standard InChI is InChI=1S/C11H16N2O2/c12-10-2-4-13-7-9(10)6-11(14)3-1-5-15-8-11/h2,4,7,14H,1,3,5-6,8H2,(H2,12,13). The summed E-state index contributed by atoms with van der Waals surface area (Å²) in [6.07, 6.45) is 5.55. The molecule has 0 radical (unpaired) electrons. The lowest BCUT2D eigenvalue weighted by molar-refractivity contribution is -0.0844. The molecule has 2 rings (SSSR count). The summed E-state index contributed by atoms with van der Waals surface area (Å²) >= 11 is 0. The largest absolute Gasteiger partial charge is 0.398 e. The molecule has 0 aromatic carbocycles. The fraction of sp³-hybridized carbons (Fsp3) is 0.545. The van der Waals surface area contributed by atoms with Gasteiger partial charge in [-0.1, -0.05) is 0 Å². The van der Waals surface area contributed by atoms with Gasteiger partial charge in [0.25, 0.3) is 0 Å². The zero-order chi connectivity index (χ0) is 10.7.